The van der Waals surface area contributed by atoms with Crippen LogP contribution in [-0.4, -0.2) is 25.3 Å². The van der Waals surface area contributed by atoms with Gasteiger partial charge in [-0.15, -0.1) is 22.7 Å². The molecule has 6 nitrogen and oxygen atoms in total. The molecule has 6 aliphatic rings. The van der Waals surface area contributed by atoms with E-state index in [0.29, 0.717) is 0 Å². The van der Waals surface area contributed by atoms with Crippen molar-refractivity contribution in [1.82, 2.24) is 0 Å². The zero-order chi connectivity index (χ0) is 76.4. The standard InChI is InChI=1S/4C13H10OS.2C13H10S.2C9H8OS/c1-9-5-4-7-11-10-6-2-3-8-12(10)15(14)13(9)11;1-9-5-4-8-12-13(9)10-6-2-3-7-11(10)15(12)14;1-9-6-7-13-11(8-9)10-4-2-3-5-12(10)15(13)14;1-9-6-7-11-10-4-2-3-5-12(10)15(14)13(11)8-9;1-9-8-14-13-7-11-5-3-2-4-10(11)6-12(9)13;1-9-6-12-7-10-4-2-3-5-11(10)8-13(12)14-9;1-7-6-11(10)9-5-3-2-4-8(7)9;1-7-6-8-4-2-3-5-9(8)11(7)10/h4*2-8H,1H3;2*2-8H,1H3;2*2-6H,1H3. The fourth-order valence-corrected chi connectivity index (χ4v) is 24.5. The molecular weight excluding hydrogens is 1510 g/mol. The maximum Gasteiger partial charge on any atom is 0.0864 e. The Balaban J connectivity index is 0.000000100. The van der Waals surface area contributed by atoms with Crippen molar-refractivity contribution >= 4 is 141 Å². The van der Waals surface area contributed by atoms with E-state index in [0.717, 1.165) is 126 Å². The van der Waals surface area contributed by atoms with Crippen molar-refractivity contribution in [3.8, 4) is 44.5 Å². The van der Waals surface area contributed by atoms with Gasteiger partial charge in [-0.2, -0.15) is 0 Å². The molecule has 6 aliphatic heterocycles. The number of hydrogen-bond donors (Lipinski definition) is 0. The van der Waals surface area contributed by atoms with E-state index in [4.69, 9.17) is 0 Å². The molecule has 16 aromatic rings. The molecule has 0 amide bonds. The van der Waals surface area contributed by atoms with Crippen LogP contribution in [0.3, 0.4) is 0 Å². The molecule has 0 N–H and O–H groups in total. The van der Waals surface area contributed by atoms with Crippen LogP contribution in [0.25, 0.3) is 97.9 Å². The molecule has 0 radical (unpaired) electrons. The number of fused-ring (bicyclic) bond motifs is 18. The van der Waals surface area contributed by atoms with Crippen LogP contribution in [0, 0.1) is 41.5 Å². The van der Waals surface area contributed by atoms with Gasteiger partial charge in [0.2, 0.25) is 0 Å². The lowest BCUT2D eigenvalue weighted by Gasteiger charge is -2.02. The molecule has 14 heteroatoms. The predicted molar refractivity (Wildman–Crippen MR) is 466 cm³/mol. The third kappa shape index (κ3) is 15.3. The lowest BCUT2D eigenvalue weighted by Crippen LogP contribution is -1.88. The van der Waals surface area contributed by atoms with Crippen LogP contribution in [0.2, 0.25) is 0 Å². The smallest absolute Gasteiger partial charge is 0.0864 e. The average Bonchev–Trinajstić information content (AvgIpc) is 1.58. The fraction of sp³-hybridized carbons (Fsp3) is 0.0833. The summed E-state index contributed by atoms with van der Waals surface area (Å²) in [5.41, 5.74) is 18.4. The van der Waals surface area contributed by atoms with Crippen molar-refractivity contribution in [2.75, 3.05) is 0 Å². The summed E-state index contributed by atoms with van der Waals surface area (Å²) in [7, 11) is -5.70. The van der Waals surface area contributed by atoms with Gasteiger partial charge < -0.3 is 0 Å². The predicted octanol–water partition coefficient (Wildman–Crippen LogP) is 25.6. The highest BCUT2D eigenvalue weighted by atomic mass is 32.2. The van der Waals surface area contributed by atoms with E-state index in [1.54, 1.807) is 5.41 Å². The van der Waals surface area contributed by atoms with Crippen molar-refractivity contribution in [3.05, 3.63) is 357 Å². The first-order valence-electron chi connectivity index (χ1n) is 36.0. The normalized spacial score (nSPS) is 16.5. The highest BCUT2D eigenvalue weighted by Crippen LogP contribution is 2.46. The summed E-state index contributed by atoms with van der Waals surface area (Å²) < 4.78 is 74.2. The highest BCUT2D eigenvalue weighted by molar-refractivity contribution is 7.89. The Hall–Kier alpha value is -10.1. The second kappa shape index (κ2) is 32.8. The second-order valence-corrected chi connectivity index (χ2v) is 38.1. The van der Waals surface area contributed by atoms with Crippen molar-refractivity contribution in [3.63, 3.8) is 0 Å². The van der Waals surface area contributed by atoms with E-state index >= 15 is 0 Å². The van der Waals surface area contributed by atoms with Gasteiger partial charge in [-0.25, -0.2) is 25.3 Å². The Morgan fingerprint density at radius 1 is 0.282 bits per heavy atom. The molecule has 544 valence electrons. The van der Waals surface area contributed by atoms with Crippen molar-refractivity contribution in [2.24, 2.45) is 0 Å². The number of thiophene rings is 2. The van der Waals surface area contributed by atoms with Crippen LogP contribution in [0.4, 0.5) is 0 Å². The molecule has 0 fully saturated rings. The van der Waals surface area contributed by atoms with Gasteiger partial charge in [0, 0.05) is 30.2 Å². The average molecular weight is 1580 g/mol. The Kier molecular flexibility index (Phi) is 22.5. The molecule has 0 saturated carbocycles. The molecular formula is C96H76O6S8. The number of rotatable bonds is 0. The minimum absolute atomic E-state index is 0.881. The van der Waals surface area contributed by atoms with Crippen LogP contribution in [-0.2, 0) is 64.8 Å². The Morgan fingerprint density at radius 3 is 1.39 bits per heavy atom. The lowest BCUT2D eigenvalue weighted by molar-refractivity contribution is 0.683. The van der Waals surface area contributed by atoms with E-state index in [1.807, 2.05) is 251 Å². The summed E-state index contributed by atoms with van der Waals surface area (Å²) in [4.78, 5) is 11.9. The topological polar surface area (TPSA) is 102 Å². The van der Waals surface area contributed by atoms with Crippen LogP contribution in [0.5, 0.6) is 0 Å². The molecule has 0 bridgehead atoms. The highest BCUT2D eigenvalue weighted by Gasteiger charge is 2.29. The Labute approximate surface area is 665 Å². The lowest BCUT2D eigenvalue weighted by atomic mass is 10.0. The summed E-state index contributed by atoms with van der Waals surface area (Å²) in [5, 5.41) is 12.1. The third-order valence-corrected chi connectivity index (χ3v) is 30.8. The summed E-state index contributed by atoms with van der Waals surface area (Å²) >= 11 is 3.70. The molecule has 0 aliphatic carbocycles. The minimum Gasteiger partial charge on any atom is -0.250 e. The van der Waals surface area contributed by atoms with Gasteiger partial charge in [0.1, 0.15) is 0 Å². The van der Waals surface area contributed by atoms with Crippen LogP contribution >= 0.6 is 22.7 Å². The Bertz CT molecular complexity index is 6460. The van der Waals surface area contributed by atoms with Crippen LogP contribution < -0.4 is 0 Å². The van der Waals surface area contributed by atoms with Crippen molar-refractivity contribution in [2.45, 2.75) is 104 Å². The minimum atomic E-state index is -0.984. The van der Waals surface area contributed by atoms with Gasteiger partial charge in [0.15, 0.2) is 0 Å². The van der Waals surface area contributed by atoms with E-state index in [2.05, 4.69) is 136 Å². The first-order valence-corrected chi connectivity index (χ1v) is 44.6. The van der Waals surface area contributed by atoms with Crippen molar-refractivity contribution < 1.29 is 25.3 Å². The van der Waals surface area contributed by atoms with Crippen molar-refractivity contribution in [1.29, 1.82) is 0 Å². The zero-order valence-electron chi connectivity index (χ0n) is 61.7. The molecule has 22 rings (SSSR count). The van der Waals surface area contributed by atoms with Crippen LogP contribution in [0.1, 0.15) is 57.7 Å². The van der Waals surface area contributed by atoms with Gasteiger partial charge in [0.25, 0.3) is 0 Å². The summed E-state index contributed by atoms with van der Waals surface area (Å²) in [5.74, 6) is 0. The summed E-state index contributed by atoms with van der Waals surface area (Å²) in [6.45, 7) is 16.4. The maximum absolute atomic E-state index is 12.2. The monoisotopic (exact) mass is 1580 g/mol. The van der Waals surface area contributed by atoms with E-state index in [9.17, 15) is 25.3 Å². The first-order chi connectivity index (χ1) is 53.4. The SMILES string of the molecule is CC1=CS(=O)c2ccccc21.CC1=Cc2ccccc2S1=O.Cc1cc2cc3ccccc3cc2s1.Cc1ccc2c(c1)-c1ccccc1S2=O.Cc1ccc2c(c1)S(=O)c1ccccc1-2.Cc1cccc2c1-c1ccccc1S2=O.Cc1cccc2c1S(=O)c1ccccc1-2.Cc1csc2cc3ccccc3cc12. The number of hydrogen-bond acceptors (Lipinski definition) is 8. The molecule has 14 aromatic carbocycles. The number of benzene rings is 14. The molecule has 0 saturated heterocycles. The molecule has 2 aromatic heterocycles. The van der Waals surface area contributed by atoms with Crippen LogP contribution in [0.15, 0.2) is 362 Å². The first kappa shape index (κ1) is 75.3. The quantitative estimate of drug-likeness (QED) is 0.150. The van der Waals surface area contributed by atoms with Gasteiger partial charge in [-0.1, -0.05) is 218 Å². The summed E-state index contributed by atoms with van der Waals surface area (Å²) in [6.07, 6.45) is 1.98. The molecule has 110 heavy (non-hydrogen) atoms. The van der Waals surface area contributed by atoms with E-state index < -0.39 is 64.8 Å². The van der Waals surface area contributed by atoms with E-state index in [1.165, 1.54) is 63.3 Å². The zero-order valence-corrected chi connectivity index (χ0v) is 68.3. The second-order valence-electron chi connectivity index (χ2n) is 27.3. The molecule has 8 heterocycles. The third-order valence-electron chi connectivity index (χ3n) is 19.7. The maximum atomic E-state index is 12.2. The molecule has 6 unspecified atom stereocenters. The fourth-order valence-electron chi connectivity index (χ4n) is 14.3. The molecule has 6 atom stereocenters. The number of allylic oxidation sites excluding steroid dienone is 2. The number of aryl methyl sites for hydroxylation is 6. The molecule has 0 spiro atoms. The summed E-state index contributed by atoms with van der Waals surface area (Å²) in [6, 6.07) is 100. The van der Waals surface area contributed by atoms with E-state index in [-0.39, 0.29) is 0 Å². The Morgan fingerprint density at radius 2 is 0.736 bits per heavy atom. The van der Waals surface area contributed by atoms with Gasteiger partial charge >= 0.3 is 0 Å². The van der Waals surface area contributed by atoms with Gasteiger partial charge in [0.05, 0.1) is 114 Å². The van der Waals surface area contributed by atoms with Gasteiger partial charge in [-0.3, -0.25) is 0 Å². The van der Waals surface area contributed by atoms with Gasteiger partial charge in [-0.05, 0) is 262 Å². The largest absolute Gasteiger partial charge is 0.250 e.